The summed E-state index contributed by atoms with van der Waals surface area (Å²) in [6.07, 6.45) is 5.81. The molecule has 4 heteroatoms. The highest BCUT2D eigenvalue weighted by Gasteiger charge is 2.30. The van der Waals surface area contributed by atoms with E-state index in [-0.39, 0.29) is 17.9 Å². The molecule has 1 aromatic heterocycles. The molecule has 0 aromatic carbocycles. The molecule has 0 saturated heterocycles. The molecule has 2 rings (SSSR count). The van der Waals surface area contributed by atoms with Crippen LogP contribution in [0.4, 0.5) is 0 Å². The molecule has 0 aliphatic heterocycles. The van der Waals surface area contributed by atoms with Gasteiger partial charge in [-0.05, 0) is 19.8 Å². The summed E-state index contributed by atoms with van der Waals surface area (Å²) in [5.41, 5.74) is 1.06. The van der Waals surface area contributed by atoms with Crippen LogP contribution in [0.2, 0.25) is 0 Å². The molecular weight excluding hydrogens is 178 g/mol. The number of nitrogens with zero attached hydrogens (tertiary/aromatic N) is 2. The second kappa shape index (κ2) is 3.44. The normalized spacial score (nSPS) is 17.9. The van der Waals surface area contributed by atoms with E-state index in [1.165, 1.54) is 0 Å². The van der Waals surface area contributed by atoms with Crippen LogP contribution >= 0.6 is 0 Å². The van der Waals surface area contributed by atoms with Crippen LogP contribution in [0.15, 0.2) is 12.4 Å². The minimum Gasteiger partial charge on any atom is -0.349 e. The van der Waals surface area contributed by atoms with Crippen molar-refractivity contribution in [2.24, 2.45) is 13.0 Å². The van der Waals surface area contributed by atoms with Crippen molar-refractivity contribution in [1.29, 1.82) is 0 Å². The van der Waals surface area contributed by atoms with E-state index in [4.69, 9.17) is 0 Å². The van der Waals surface area contributed by atoms with Crippen LogP contribution in [0.1, 0.15) is 31.4 Å². The topological polar surface area (TPSA) is 46.9 Å². The lowest BCUT2D eigenvalue weighted by Crippen LogP contribution is -2.27. The summed E-state index contributed by atoms with van der Waals surface area (Å²) in [7, 11) is 1.87. The van der Waals surface area contributed by atoms with Gasteiger partial charge in [-0.25, -0.2) is 0 Å². The van der Waals surface area contributed by atoms with Crippen molar-refractivity contribution < 1.29 is 4.79 Å². The summed E-state index contributed by atoms with van der Waals surface area (Å²) in [6, 6.07) is 0.0665. The highest BCUT2D eigenvalue weighted by atomic mass is 16.2. The number of hydrogen-bond donors (Lipinski definition) is 1. The van der Waals surface area contributed by atoms with Crippen LogP contribution in [-0.2, 0) is 11.8 Å². The molecule has 1 atom stereocenters. The molecule has 1 heterocycles. The van der Waals surface area contributed by atoms with Gasteiger partial charge in [0.2, 0.25) is 5.91 Å². The van der Waals surface area contributed by atoms with Crippen molar-refractivity contribution in [2.75, 3.05) is 0 Å². The van der Waals surface area contributed by atoms with Crippen molar-refractivity contribution in [3.63, 3.8) is 0 Å². The predicted octanol–water partition coefficient (Wildman–Crippen LogP) is 1.01. The monoisotopic (exact) mass is 193 g/mol. The molecule has 14 heavy (non-hydrogen) atoms. The van der Waals surface area contributed by atoms with Gasteiger partial charge >= 0.3 is 0 Å². The Kier molecular flexibility index (Phi) is 2.27. The second-order valence-corrected chi connectivity index (χ2v) is 3.95. The molecule has 1 N–H and O–H groups in total. The highest BCUT2D eigenvalue weighted by molar-refractivity contribution is 5.81. The molecule has 4 nitrogen and oxygen atoms in total. The molecule has 1 aliphatic rings. The molecule has 1 amide bonds. The van der Waals surface area contributed by atoms with E-state index in [0.717, 1.165) is 18.4 Å². The summed E-state index contributed by atoms with van der Waals surface area (Å²) in [5, 5.41) is 7.05. The maximum absolute atomic E-state index is 11.5. The molecule has 1 fully saturated rings. The average molecular weight is 193 g/mol. The molecule has 0 radical (unpaired) electrons. The van der Waals surface area contributed by atoms with Crippen LogP contribution in [0.5, 0.6) is 0 Å². The number of carbonyl (C=O) groups excluding carboxylic acids is 1. The third kappa shape index (κ3) is 1.95. The second-order valence-electron chi connectivity index (χ2n) is 3.95. The highest BCUT2D eigenvalue weighted by Crippen LogP contribution is 2.29. The van der Waals surface area contributed by atoms with Gasteiger partial charge in [-0.2, -0.15) is 5.10 Å². The van der Waals surface area contributed by atoms with Gasteiger partial charge in [-0.1, -0.05) is 0 Å². The standard InChI is InChI=1S/C10H15N3O/c1-7(9-5-11-13(2)6-9)12-10(14)8-3-4-8/h5-8H,3-4H2,1-2H3,(H,12,14). The third-order valence-corrected chi connectivity index (χ3v) is 2.53. The van der Waals surface area contributed by atoms with E-state index in [1.807, 2.05) is 20.2 Å². The maximum Gasteiger partial charge on any atom is 0.223 e. The number of carbonyl (C=O) groups is 1. The van der Waals surface area contributed by atoms with E-state index >= 15 is 0 Å². The number of aryl methyl sites for hydroxylation is 1. The molecule has 1 unspecified atom stereocenters. The van der Waals surface area contributed by atoms with Gasteiger partial charge in [0, 0.05) is 24.7 Å². The van der Waals surface area contributed by atoms with Crippen molar-refractivity contribution in [1.82, 2.24) is 15.1 Å². The van der Waals surface area contributed by atoms with Crippen molar-refractivity contribution in [3.8, 4) is 0 Å². The van der Waals surface area contributed by atoms with Crippen molar-refractivity contribution in [3.05, 3.63) is 18.0 Å². The van der Waals surface area contributed by atoms with E-state index in [0.29, 0.717) is 0 Å². The zero-order valence-electron chi connectivity index (χ0n) is 8.53. The SMILES string of the molecule is CC(NC(=O)C1CC1)c1cnn(C)c1. The molecule has 0 spiro atoms. The fourth-order valence-electron chi connectivity index (χ4n) is 1.42. The summed E-state index contributed by atoms with van der Waals surface area (Å²) in [4.78, 5) is 11.5. The fraction of sp³-hybridized carbons (Fsp3) is 0.600. The number of amides is 1. The summed E-state index contributed by atoms with van der Waals surface area (Å²) >= 11 is 0. The zero-order chi connectivity index (χ0) is 10.1. The largest absolute Gasteiger partial charge is 0.349 e. The van der Waals surface area contributed by atoms with Crippen molar-refractivity contribution >= 4 is 5.91 Å². The first-order chi connectivity index (χ1) is 6.66. The van der Waals surface area contributed by atoms with E-state index in [1.54, 1.807) is 10.9 Å². The average Bonchev–Trinajstić information content (AvgIpc) is 2.89. The molecule has 1 aliphatic carbocycles. The Labute approximate surface area is 83.3 Å². The molecule has 1 saturated carbocycles. The van der Waals surface area contributed by atoms with Gasteiger partial charge in [0.15, 0.2) is 0 Å². The van der Waals surface area contributed by atoms with E-state index in [9.17, 15) is 4.79 Å². The first kappa shape index (κ1) is 9.24. The van der Waals surface area contributed by atoms with Gasteiger partial charge in [-0.3, -0.25) is 9.48 Å². The van der Waals surface area contributed by atoms with Crippen LogP contribution < -0.4 is 5.32 Å². The Morgan fingerprint density at radius 2 is 2.43 bits per heavy atom. The number of nitrogens with one attached hydrogen (secondary N) is 1. The Morgan fingerprint density at radius 1 is 1.71 bits per heavy atom. The number of rotatable bonds is 3. The van der Waals surface area contributed by atoms with Gasteiger partial charge in [0.25, 0.3) is 0 Å². The summed E-state index contributed by atoms with van der Waals surface area (Å²) in [5.74, 6) is 0.454. The van der Waals surface area contributed by atoms with E-state index in [2.05, 4.69) is 10.4 Å². The quantitative estimate of drug-likeness (QED) is 0.778. The van der Waals surface area contributed by atoms with Gasteiger partial charge < -0.3 is 5.32 Å². The Bertz CT molecular complexity index is 341. The van der Waals surface area contributed by atoms with Crippen LogP contribution in [0.25, 0.3) is 0 Å². The maximum atomic E-state index is 11.5. The molecule has 1 aromatic rings. The molecule has 0 bridgehead atoms. The predicted molar refractivity (Wildman–Crippen MR) is 52.5 cm³/mol. The summed E-state index contributed by atoms with van der Waals surface area (Å²) < 4.78 is 1.75. The fourth-order valence-corrected chi connectivity index (χ4v) is 1.42. The van der Waals surface area contributed by atoms with Crippen LogP contribution in [0, 0.1) is 5.92 Å². The minimum atomic E-state index is 0.0665. The minimum absolute atomic E-state index is 0.0665. The Hall–Kier alpha value is -1.32. The van der Waals surface area contributed by atoms with Gasteiger partial charge in [0.05, 0.1) is 12.2 Å². The van der Waals surface area contributed by atoms with E-state index < -0.39 is 0 Å². The van der Waals surface area contributed by atoms with Gasteiger partial charge in [0.1, 0.15) is 0 Å². The zero-order valence-corrected chi connectivity index (χ0v) is 8.53. The first-order valence-electron chi connectivity index (χ1n) is 4.95. The van der Waals surface area contributed by atoms with Gasteiger partial charge in [-0.15, -0.1) is 0 Å². The lowest BCUT2D eigenvalue weighted by Gasteiger charge is -2.11. The third-order valence-electron chi connectivity index (χ3n) is 2.53. The number of hydrogen-bond acceptors (Lipinski definition) is 2. The molecular formula is C10H15N3O. The number of aromatic nitrogens is 2. The lowest BCUT2D eigenvalue weighted by molar-refractivity contribution is -0.122. The lowest BCUT2D eigenvalue weighted by atomic mass is 10.2. The van der Waals surface area contributed by atoms with Crippen molar-refractivity contribution in [2.45, 2.75) is 25.8 Å². The Balaban J connectivity index is 1.94. The smallest absolute Gasteiger partial charge is 0.223 e. The summed E-state index contributed by atoms with van der Waals surface area (Å²) in [6.45, 7) is 1.98. The van der Waals surface area contributed by atoms with Crippen LogP contribution in [0.3, 0.4) is 0 Å². The molecule has 76 valence electrons. The first-order valence-corrected chi connectivity index (χ1v) is 4.95. The Morgan fingerprint density at radius 3 is 2.93 bits per heavy atom. The van der Waals surface area contributed by atoms with Crippen LogP contribution in [-0.4, -0.2) is 15.7 Å².